The van der Waals surface area contributed by atoms with E-state index in [1.165, 1.54) is 33.1 Å². The van der Waals surface area contributed by atoms with Crippen LogP contribution in [0, 0.1) is 4.78 Å². The van der Waals surface area contributed by atoms with Gasteiger partial charge in [0.05, 0.1) is 12.7 Å². The normalized spacial score (nSPS) is 21.2. The molecular weight excluding hydrogens is 406 g/mol. The molecule has 2 atom stereocenters. The fourth-order valence-corrected chi connectivity index (χ4v) is 5.71. The highest BCUT2D eigenvalue weighted by atomic mass is 32.2. The van der Waals surface area contributed by atoms with Crippen molar-refractivity contribution in [2.24, 2.45) is 0 Å². The maximum absolute atomic E-state index is 13.1. The average molecular weight is 432 g/mol. The SMILES string of the molecule is CO[C@@H]1COc2c([S@](=N)(=O)NC(=O)Nc3c4c(cc5c3CCC5)CCC4)cnn2C1. The van der Waals surface area contributed by atoms with E-state index in [9.17, 15) is 9.00 Å². The number of carbonyl (C=O) groups excluding carboxylic acids is 1. The van der Waals surface area contributed by atoms with Gasteiger partial charge in [0.1, 0.15) is 17.6 Å². The molecular formula is C20H25N5O4S. The molecule has 2 aliphatic carbocycles. The lowest BCUT2D eigenvalue weighted by Gasteiger charge is -2.23. The minimum absolute atomic E-state index is 0.0655. The molecule has 0 unspecified atom stereocenters. The summed E-state index contributed by atoms with van der Waals surface area (Å²) in [6.45, 7) is 0.717. The van der Waals surface area contributed by atoms with Gasteiger partial charge in [-0.3, -0.25) is 0 Å². The number of anilines is 1. The first-order chi connectivity index (χ1) is 14.5. The summed E-state index contributed by atoms with van der Waals surface area (Å²) in [5.41, 5.74) is 5.80. The quantitative estimate of drug-likeness (QED) is 0.687. The molecule has 0 bridgehead atoms. The number of nitrogens with zero attached hydrogens (tertiary/aromatic N) is 2. The van der Waals surface area contributed by atoms with Gasteiger partial charge in [-0.2, -0.15) is 5.10 Å². The summed E-state index contributed by atoms with van der Waals surface area (Å²) >= 11 is 0. The number of hydrogen-bond acceptors (Lipinski definition) is 6. The van der Waals surface area contributed by atoms with E-state index in [1.54, 1.807) is 7.11 Å². The molecule has 30 heavy (non-hydrogen) atoms. The summed E-state index contributed by atoms with van der Waals surface area (Å²) in [7, 11) is -2.06. The van der Waals surface area contributed by atoms with Crippen molar-refractivity contribution in [1.29, 1.82) is 4.78 Å². The smallest absolute Gasteiger partial charge is 0.331 e. The van der Waals surface area contributed by atoms with Crippen molar-refractivity contribution in [2.45, 2.75) is 56.1 Å². The molecule has 0 fully saturated rings. The number of aryl methyl sites for hydroxylation is 2. The van der Waals surface area contributed by atoms with Crippen molar-refractivity contribution in [2.75, 3.05) is 19.0 Å². The fraction of sp³-hybridized carbons (Fsp3) is 0.500. The van der Waals surface area contributed by atoms with E-state index >= 15 is 0 Å². The first kappa shape index (κ1) is 19.4. The summed E-state index contributed by atoms with van der Waals surface area (Å²) in [5, 5.41) is 7.07. The van der Waals surface area contributed by atoms with E-state index in [-0.39, 0.29) is 23.5 Å². The fourth-order valence-electron chi connectivity index (χ4n) is 4.68. The van der Waals surface area contributed by atoms with E-state index in [0.717, 1.165) is 44.2 Å². The molecule has 2 heterocycles. The van der Waals surface area contributed by atoms with E-state index in [2.05, 4.69) is 21.2 Å². The van der Waals surface area contributed by atoms with Crippen LogP contribution in [0.1, 0.15) is 35.1 Å². The van der Waals surface area contributed by atoms with Crippen LogP contribution in [0.25, 0.3) is 0 Å². The molecule has 0 radical (unpaired) electrons. The third-order valence-electron chi connectivity index (χ3n) is 6.13. The maximum atomic E-state index is 13.1. The number of amides is 2. The Hall–Kier alpha value is -2.59. The van der Waals surface area contributed by atoms with Crippen molar-refractivity contribution in [3.05, 3.63) is 34.5 Å². The third-order valence-corrected chi connectivity index (χ3v) is 7.51. The maximum Gasteiger partial charge on any atom is 0.331 e. The second-order valence-electron chi connectivity index (χ2n) is 8.01. The van der Waals surface area contributed by atoms with E-state index in [0.29, 0.717) is 6.54 Å². The van der Waals surface area contributed by atoms with Crippen LogP contribution in [-0.4, -0.2) is 39.8 Å². The van der Waals surface area contributed by atoms with Crippen LogP contribution in [0.4, 0.5) is 10.5 Å². The molecule has 3 N–H and O–H groups in total. The molecule has 160 valence electrons. The van der Waals surface area contributed by atoms with Crippen LogP contribution in [0.15, 0.2) is 17.2 Å². The van der Waals surface area contributed by atoms with E-state index < -0.39 is 15.9 Å². The van der Waals surface area contributed by atoms with Crippen LogP contribution in [0.2, 0.25) is 0 Å². The second kappa shape index (κ2) is 7.28. The molecule has 9 nitrogen and oxygen atoms in total. The number of urea groups is 1. The van der Waals surface area contributed by atoms with Gasteiger partial charge in [-0.15, -0.1) is 0 Å². The highest BCUT2D eigenvalue weighted by Gasteiger charge is 2.30. The number of hydrogen-bond donors (Lipinski definition) is 3. The Morgan fingerprint density at radius 3 is 2.63 bits per heavy atom. The summed E-state index contributed by atoms with van der Waals surface area (Å²) in [6.07, 6.45) is 7.22. The molecule has 10 heteroatoms. The number of carbonyl (C=O) groups is 1. The lowest BCUT2D eigenvalue weighted by atomic mass is 9.99. The zero-order valence-corrected chi connectivity index (χ0v) is 17.6. The van der Waals surface area contributed by atoms with Crippen molar-refractivity contribution in [3.8, 4) is 5.88 Å². The molecule has 1 aromatic heterocycles. The minimum atomic E-state index is -3.64. The van der Waals surface area contributed by atoms with Gasteiger partial charge in [-0.1, -0.05) is 6.07 Å². The number of ether oxygens (including phenoxy) is 2. The predicted molar refractivity (Wildman–Crippen MR) is 110 cm³/mol. The molecule has 0 saturated heterocycles. The first-order valence-corrected chi connectivity index (χ1v) is 11.8. The third kappa shape index (κ3) is 3.24. The molecule has 0 spiro atoms. The van der Waals surface area contributed by atoms with Gasteiger partial charge in [0, 0.05) is 12.8 Å². The van der Waals surface area contributed by atoms with Crippen molar-refractivity contribution in [1.82, 2.24) is 14.5 Å². The lowest BCUT2D eigenvalue weighted by Crippen LogP contribution is -2.35. The van der Waals surface area contributed by atoms with Gasteiger partial charge in [-0.25, -0.2) is 23.2 Å². The Morgan fingerprint density at radius 2 is 1.97 bits per heavy atom. The summed E-state index contributed by atoms with van der Waals surface area (Å²) in [5.74, 6) is 0.241. The van der Waals surface area contributed by atoms with Gasteiger partial charge in [0.15, 0.2) is 9.92 Å². The van der Waals surface area contributed by atoms with Crippen LogP contribution >= 0.6 is 0 Å². The lowest BCUT2D eigenvalue weighted by molar-refractivity contribution is 0.0165. The van der Waals surface area contributed by atoms with Crippen molar-refractivity contribution < 1.29 is 18.5 Å². The number of fused-ring (bicyclic) bond motifs is 3. The van der Waals surface area contributed by atoms with Crippen LogP contribution in [0.3, 0.4) is 0 Å². The van der Waals surface area contributed by atoms with E-state index in [1.807, 2.05) is 0 Å². The minimum Gasteiger partial charge on any atom is -0.474 e. The summed E-state index contributed by atoms with van der Waals surface area (Å²) in [4.78, 5) is 12.8. The van der Waals surface area contributed by atoms with Gasteiger partial charge in [0.2, 0.25) is 5.88 Å². The number of rotatable bonds is 4. The number of aromatic nitrogens is 2. The van der Waals surface area contributed by atoms with Crippen LogP contribution in [-0.2, 0) is 46.9 Å². The molecule has 3 aliphatic rings. The Kier molecular flexibility index (Phi) is 4.70. The second-order valence-corrected chi connectivity index (χ2v) is 9.77. The largest absolute Gasteiger partial charge is 0.474 e. The Morgan fingerprint density at radius 1 is 1.27 bits per heavy atom. The summed E-state index contributed by atoms with van der Waals surface area (Å²) in [6, 6.07) is 1.64. The van der Waals surface area contributed by atoms with Gasteiger partial charge in [0.25, 0.3) is 0 Å². The first-order valence-electron chi connectivity index (χ1n) is 10.2. The van der Waals surface area contributed by atoms with Crippen LogP contribution < -0.4 is 14.8 Å². The van der Waals surface area contributed by atoms with Crippen molar-refractivity contribution in [3.63, 3.8) is 0 Å². The average Bonchev–Trinajstić information content (AvgIpc) is 3.45. The zero-order valence-electron chi connectivity index (χ0n) is 16.8. The number of nitrogens with one attached hydrogen (secondary N) is 3. The zero-order chi connectivity index (χ0) is 20.9. The Labute approximate surface area is 175 Å². The van der Waals surface area contributed by atoms with Gasteiger partial charge >= 0.3 is 6.03 Å². The monoisotopic (exact) mass is 431 g/mol. The van der Waals surface area contributed by atoms with E-state index in [4.69, 9.17) is 14.3 Å². The van der Waals surface area contributed by atoms with Crippen molar-refractivity contribution >= 4 is 21.6 Å². The standard InChI is InChI=1S/C20H25N5O4S/c1-28-14-10-25-19(29-11-14)17(9-22-25)30(21,27)24-20(26)23-18-15-6-2-4-12(15)8-13-5-3-7-16(13)18/h8-9,14H,2-7,10-11H2,1H3,(H3,21,23,24,26,27)/t14-,30+/m0/s1. The molecule has 2 aromatic rings. The molecule has 2 amide bonds. The summed E-state index contributed by atoms with van der Waals surface area (Å²) < 4.78 is 36.1. The molecule has 1 aliphatic heterocycles. The van der Waals surface area contributed by atoms with Gasteiger partial charge in [-0.05, 0) is 60.8 Å². The van der Waals surface area contributed by atoms with Gasteiger partial charge < -0.3 is 14.8 Å². The van der Waals surface area contributed by atoms with Crippen LogP contribution in [0.5, 0.6) is 5.88 Å². The molecule has 1 aromatic carbocycles. The highest BCUT2D eigenvalue weighted by molar-refractivity contribution is 7.91. The number of benzene rings is 1. The predicted octanol–water partition coefficient (Wildman–Crippen LogP) is 2.41. The Balaban J connectivity index is 1.38. The molecule has 5 rings (SSSR count). The topological polar surface area (TPSA) is 118 Å². The molecule has 0 saturated carbocycles. The Bertz CT molecular complexity index is 1090. The number of methoxy groups -OCH3 is 1. The highest BCUT2D eigenvalue weighted by Crippen LogP contribution is 2.38.